The first kappa shape index (κ1) is 14.6. The van der Waals surface area contributed by atoms with E-state index in [9.17, 15) is 14.6 Å². The number of rotatable bonds is 5. The second-order valence-electron chi connectivity index (χ2n) is 4.63. The van der Waals surface area contributed by atoms with Gasteiger partial charge in [0.1, 0.15) is 5.82 Å². The van der Waals surface area contributed by atoms with E-state index < -0.39 is 11.7 Å². The van der Waals surface area contributed by atoms with Crippen molar-refractivity contribution in [2.24, 2.45) is 0 Å². The summed E-state index contributed by atoms with van der Waals surface area (Å²) in [4.78, 5) is 0. The van der Waals surface area contributed by atoms with Gasteiger partial charge >= 0.3 is 0 Å². The van der Waals surface area contributed by atoms with Crippen molar-refractivity contribution in [3.63, 3.8) is 0 Å². The summed E-state index contributed by atoms with van der Waals surface area (Å²) in [5.41, 5.74) is -0.190. The maximum absolute atomic E-state index is 13.0. The fraction of sp³-hybridized carbons (Fsp3) is 0.500. The first-order valence-corrected chi connectivity index (χ1v) is 6.15. The zero-order chi connectivity index (χ0) is 13.1. The zero-order valence-corrected chi connectivity index (χ0v) is 11.5. The van der Waals surface area contributed by atoms with Crippen LogP contribution in [0.25, 0.3) is 0 Å². The number of aliphatic hydroxyl groups is 2. The van der Waals surface area contributed by atoms with E-state index in [0.717, 1.165) is 0 Å². The molecule has 0 spiro atoms. The van der Waals surface area contributed by atoms with E-state index in [1.807, 2.05) is 0 Å². The largest absolute Gasteiger partial charge is 0.389 e. The minimum Gasteiger partial charge on any atom is -0.389 e. The molecule has 17 heavy (non-hydrogen) atoms. The van der Waals surface area contributed by atoms with Gasteiger partial charge in [-0.3, -0.25) is 0 Å². The average molecular weight is 306 g/mol. The van der Waals surface area contributed by atoms with Gasteiger partial charge < -0.3 is 15.5 Å². The third-order valence-electron chi connectivity index (χ3n) is 2.22. The van der Waals surface area contributed by atoms with Crippen LogP contribution in [0.15, 0.2) is 22.7 Å². The maximum Gasteiger partial charge on any atom is 0.137 e. The van der Waals surface area contributed by atoms with Gasteiger partial charge in [0.15, 0.2) is 0 Å². The molecule has 1 aromatic rings. The molecule has 1 rings (SSSR count). The van der Waals surface area contributed by atoms with Gasteiger partial charge in [0.2, 0.25) is 0 Å². The van der Waals surface area contributed by atoms with Crippen molar-refractivity contribution in [1.29, 1.82) is 0 Å². The normalized spacial score (nSPS) is 13.8. The van der Waals surface area contributed by atoms with Crippen molar-refractivity contribution >= 4 is 15.9 Å². The van der Waals surface area contributed by atoms with Crippen molar-refractivity contribution in [3.8, 4) is 0 Å². The molecule has 0 aliphatic carbocycles. The Morgan fingerprint density at radius 2 is 2.12 bits per heavy atom. The fourth-order valence-electron chi connectivity index (χ4n) is 1.35. The van der Waals surface area contributed by atoms with Crippen LogP contribution < -0.4 is 5.32 Å². The van der Waals surface area contributed by atoms with Crippen molar-refractivity contribution in [2.75, 3.05) is 13.1 Å². The Labute approximate surface area is 109 Å². The van der Waals surface area contributed by atoms with Crippen LogP contribution in [0.3, 0.4) is 0 Å². The van der Waals surface area contributed by atoms with Gasteiger partial charge in [-0.05, 0) is 47.5 Å². The quantitative estimate of drug-likeness (QED) is 0.780. The second-order valence-corrected chi connectivity index (χ2v) is 5.49. The first-order chi connectivity index (χ1) is 7.79. The topological polar surface area (TPSA) is 52.5 Å². The SMILES string of the molecule is CC(C)(O)CNCC(O)c1ccc(F)c(Br)c1. The Morgan fingerprint density at radius 3 is 2.65 bits per heavy atom. The van der Waals surface area contributed by atoms with Crippen LogP contribution in [0.2, 0.25) is 0 Å². The van der Waals surface area contributed by atoms with Gasteiger partial charge in [-0.15, -0.1) is 0 Å². The summed E-state index contributed by atoms with van der Waals surface area (Å²) < 4.78 is 13.3. The molecular weight excluding hydrogens is 289 g/mol. The predicted molar refractivity (Wildman–Crippen MR) is 68.2 cm³/mol. The van der Waals surface area contributed by atoms with Gasteiger partial charge in [0, 0.05) is 13.1 Å². The number of aliphatic hydroxyl groups excluding tert-OH is 1. The minimum atomic E-state index is -0.816. The Balaban J connectivity index is 2.52. The Morgan fingerprint density at radius 1 is 1.47 bits per heavy atom. The summed E-state index contributed by atoms with van der Waals surface area (Å²) >= 11 is 3.07. The van der Waals surface area contributed by atoms with E-state index in [1.54, 1.807) is 19.9 Å². The number of hydrogen-bond donors (Lipinski definition) is 3. The lowest BCUT2D eigenvalue weighted by atomic mass is 10.1. The van der Waals surface area contributed by atoms with Crippen LogP contribution in [0, 0.1) is 5.82 Å². The van der Waals surface area contributed by atoms with Crippen LogP contribution in [-0.4, -0.2) is 28.9 Å². The van der Waals surface area contributed by atoms with Crippen molar-refractivity contribution < 1.29 is 14.6 Å². The number of halogens is 2. The molecule has 0 radical (unpaired) electrons. The van der Waals surface area contributed by atoms with Crippen LogP contribution in [0.1, 0.15) is 25.5 Å². The van der Waals surface area contributed by atoms with Gasteiger partial charge in [-0.1, -0.05) is 6.07 Å². The highest BCUT2D eigenvalue weighted by atomic mass is 79.9. The van der Waals surface area contributed by atoms with E-state index >= 15 is 0 Å². The minimum absolute atomic E-state index is 0.308. The van der Waals surface area contributed by atoms with Crippen molar-refractivity contribution in [2.45, 2.75) is 25.6 Å². The fourth-order valence-corrected chi connectivity index (χ4v) is 1.75. The molecule has 5 heteroatoms. The van der Waals surface area contributed by atoms with E-state index in [0.29, 0.717) is 23.1 Å². The van der Waals surface area contributed by atoms with Gasteiger partial charge in [0.05, 0.1) is 16.2 Å². The first-order valence-electron chi connectivity index (χ1n) is 5.36. The lowest BCUT2D eigenvalue weighted by molar-refractivity contribution is 0.0739. The van der Waals surface area contributed by atoms with Crippen LogP contribution in [0.5, 0.6) is 0 Å². The number of hydrogen-bond acceptors (Lipinski definition) is 3. The molecule has 0 aliphatic heterocycles. The molecule has 3 N–H and O–H groups in total. The monoisotopic (exact) mass is 305 g/mol. The summed E-state index contributed by atoms with van der Waals surface area (Å²) in [7, 11) is 0. The maximum atomic E-state index is 13.0. The van der Waals surface area contributed by atoms with Crippen LogP contribution in [0.4, 0.5) is 4.39 Å². The van der Waals surface area contributed by atoms with E-state index in [1.165, 1.54) is 12.1 Å². The molecule has 96 valence electrons. The van der Waals surface area contributed by atoms with E-state index in [-0.39, 0.29) is 5.82 Å². The Hall–Kier alpha value is -0.490. The van der Waals surface area contributed by atoms with Gasteiger partial charge in [-0.2, -0.15) is 0 Å². The molecule has 0 saturated carbocycles. The summed E-state index contributed by atoms with van der Waals surface area (Å²) in [5, 5.41) is 22.3. The van der Waals surface area contributed by atoms with Gasteiger partial charge in [-0.25, -0.2) is 4.39 Å². The van der Waals surface area contributed by atoms with E-state index in [2.05, 4.69) is 21.2 Å². The molecular formula is C12H17BrFNO2. The van der Waals surface area contributed by atoms with Crippen molar-refractivity contribution in [1.82, 2.24) is 5.32 Å². The lowest BCUT2D eigenvalue weighted by Crippen LogP contribution is -2.36. The molecule has 1 unspecified atom stereocenters. The Kier molecular flexibility index (Phi) is 5.06. The summed E-state index contributed by atoms with van der Waals surface area (Å²) in [5.74, 6) is -0.356. The highest BCUT2D eigenvalue weighted by Gasteiger charge is 2.14. The molecule has 0 saturated heterocycles. The number of nitrogens with one attached hydrogen (secondary N) is 1. The summed E-state index contributed by atoms with van der Waals surface area (Å²) in [6, 6.07) is 4.39. The summed E-state index contributed by atoms with van der Waals surface area (Å²) in [6.07, 6.45) is -0.728. The lowest BCUT2D eigenvalue weighted by Gasteiger charge is -2.19. The standard InChI is InChI=1S/C12H17BrFNO2/c1-12(2,17)7-15-6-11(16)8-3-4-10(14)9(13)5-8/h3-5,11,15-17H,6-7H2,1-2H3. The number of benzene rings is 1. The molecule has 0 aromatic heterocycles. The van der Waals surface area contributed by atoms with Gasteiger partial charge in [0.25, 0.3) is 0 Å². The van der Waals surface area contributed by atoms with Crippen LogP contribution in [-0.2, 0) is 0 Å². The molecule has 1 atom stereocenters. The molecule has 0 amide bonds. The smallest absolute Gasteiger partial charge is 0.137 e. The Bertz CT molecular complexity index is 379. The molecule has 3 nitrogen and oxygen atoms in total. The highest BCUT2D eigenvalue weighted by Crippen LogP contribution is 2.21. The zero-order valence-electron chi connectivity index (χ0n) is 9.87. The molecule has 1 aromatic carbocycles. The van der Waals surface area contributed by atoms with Crippen LogP contribution >= 0.6 is 15.9 Å². The molecule has 0 heterocycles. The third kappa shape index (κ3) is 5.12. The molecule has 0 fully saturated rings. The summed E-state index contributed by atoms with van der Waals surface area (Å²) in [6.45, 7) is 4.05. The molecule has 0 bridgehead atoms. The van der Waals surface area contributed by atoms with Crippen molar-refractivity contribution in [3.05, 3.63) is 34.1 Å². The third-order valence-corrected chi connectivity index (χ3v) is 2.83. The molecule has 0 aliphatic rings. The predicted octanol–water partition coefficient (Wildman–Crippen LogP) is 1.98. The van der Waals surface area contributed by atoms with E-state index in [4.69, 9.17) is 0 Å². The average Bonchev–Trinajstić information content (AvgIpc) is 2.20. The second kappa shape index (κ2) is 5.91. The highest BCUT2D eigenvalue weighted by molar-refractivity contribution is 9.10.